The highest BCUT2D eigenvalue weighted by Crippen LogP contribution is 2.42. The summed E-state index contributed by atoms with van der Waals surface area (Å²) >= 11 is 3.44. The molecule has 0 aromatic heterocycles. The fourth-order valence-electron chi connectivity index (χ4n) is 2.21. The molecule has 0 saturated heterocycles. The lowest BCUT2D eigenvalue weighted by molar-refractivity contribution is 0.139. The van der Waals surface area contributed by atoms with Gasteiger partial charge in [0, 0.05) is 4.47 Å². The van der Waals surface area contributed by atoms with Crippen LogP contribution in [-0.4, -0.2) is 5.11 Å². The summed E-state index contributed by atoms with van der Waals surface area (Å²) in [6, 6.07) is 6.22. The lowest BCUT2D eigenvalue weighted by atomic mass is 9.72. The van der Waals surface area contributed by atoms with E-state index in [4.69, 9.17) is 0 Å². The minimum atomic E-state index is -0.282. The van der Waals surface area contributed by atoms with Crippen LogP contribution in [0.3, 0.4) is 0 Å². The molecular formula is C12H15BrO. The first-order chi connectivity index (χ1) is 6.50. The standard InChI is InChI=1S/C12H15BrO/c1-12(2)6-5-11(14)9-7-8(13)3-4-10(9)12/h3-4,7,11,14H,5-6H2,1-2H3/t11-/m1/s1. The zero-order chi connectivity index (χ0) is 10.3. The van der Waals surface area contributed by atoms with Crippen molar-refractivity contribution in [3.8, 4) is 0 Å². The average Bonchev–Trinajstić information content (AvgIpc) is 2.12. The van der Waals surface area contributed by atoms with Gasteiger partial charge in [-0.05, 0) is 41.5 Å². The van der Waals surface area contributed by atoms with E-state index in [1.54, 1.807) is 0 Å². The van der Waals surface area contributed by atoms with Gasteiger partial charge in [0.05, 0.1) is 6.10 Å². The Balaban J connectivity index is 2.57. The Morgan fingerprint density at radius 2 is 2.14 bits per heavy atom. The molecule has 1 aliphatic rings. The van der Waals surface area contributed by atoms with Crippen LogP contribution in [0, 0.1) is 0 Å². The third-order valence-electron chi connectivity index (χ3n) is 3.14. The van der Waals surface area contributed by atoms with E-state index in [0.29, 0.717) is 0 Å². The Morgan fingerprint density at radius 3 is 2.86 bits per heavy atom. The molecule has 1 aromatic carbocycles. The first-order valence-electron chi connectivity index (χ1n) is 4.99. The van der Waals surface area contributed by atoms with Crippen LogP contribution in [0.4, 0.5) is 0 Å². The molecule has 0 aliphatic heterocycles. The van der Waals surface area contributed by atoms with Crippen LogP contribution in [0.1, 0.15) is 43.9 Å². The van der Waals surface area contributed by atoms with Gasteiger partial charge >= 0.3 is 0 Å². The minimum absolute atomic E-state index is 0.204. The molecule has 2 heteroatoms. The molecule has 1 aliphatic carbocycles. The van der Waals surface area contributed by atoms with E-state index in [1.165, 1.54) is 5.56 Å². The predicted molar refractivity (Wildman–Crippen MR) is 61.4 cm³/mol. The Kier molecular flexibility index (Phi) is 2.44. The number of fused-ring (bicyclic) bond motifs is 1. The number of benzene rings is 1. The van der Waals surface area contributed by atoms with Crippen molar-refractivity contribution in [2.75, 3.05) is 0 Å². The van der Waals surface area contributed by atoms with Crippen molar-refractivity contribution < 1.29 is 5.11 Å². The van der Waals surface area contributed by atoms with Gasteiger partial charge in [-0.2, -0.15) is 0 Å². The van der Waals surface area contributed by atoms with Crippen LogP contribution >= 0.6 is 15.9 Å². The molecule has 0 unspecified atom stereocenters. The van der Waals surface area contributed by atoms with Gasteiger partial charge in [0.1, 0.15) is 0 Å². The van der Waals surface area contributed by atoms with Gasteiger partial charge in [0.25, 0.3) is 0 Å². The Morgan fingerprint density at radius 1 is 1.43 bits per heavy atom. The SMILES string of the molecule is CC1(C)CC[C@@H](O)c2cc(Br)ccc21. The minimum Gasteiger partial charge on any atom is -0.388 e. The van der Waals surface area contributed by atoms with E-state index in [-0.39, 0.29) is 11.5 Å². The van der Waals surface area contributed by atoms with Crippen LogP contribution in [0.5, 0.6) is 0 Å². The Hall–Kier alpha value is -0.340. The fraction of sp³-hybridized carbons (Fsp3) is 0.500. The lowest BCUT2D eigenvalue weighted by Gasteiger charge is -2.35. The number of hydrogen-bond acceptors (Lipinski definition) is 1. The second kappa shape index (κ2) is 3.35. The highest BCUT2D eigenvalue weighted by atomic mass is 79.9. The molecule has 1 N–H and O–H groups in total. The van der Waals surface area contributed by atoms with Gasteiger partial charge in [0.15, 0.2) is 0 Å². The van der Waals surface area contributed by atoms with Gasteiger partial charge in [-0.3, -0.25) is 0 Å². The van der Waals surface area contributed by atoms with Gasteiger partial charge in [-0.25, -0.2) is 0 Å². The Bertz CT molecular complexity index is 357. The summed E-state index contributed by atoms with van der Waals surface area (Å²) < 4.78 is 1.05. The molecule has 0 radical (unpaired) electrons. The van der Waals surface area contributed by atoms with E-state index in [2.05, 4.69) is 41.9 Å². The summed E-state index contributed by atoms with van der Waals surface area (Å²) in [6.07, 6.45) is 1.65. The molecule has 0 fully saturated rings. The smallest absolute Gasteiger partial charge is 0.0793 e. The predicted octanol–water partition coefficient (Wildman–Crippen LogP) is 3.55. The maximum atomic E-state index is 9.90. The summed E-state index contributed by atoms with van der Waals surface area (Å²) in [5, 5.41) is 9.90. The molecule has 0 bridgehead atoms. The van der Waals surface area contributed by atoms with Gasteiger partial charge in [-0.15, -0.1) is 0 Å². The number of aliphatic hydroxyl groups is 1. The first kappa shape index (κ1) is 10.2. The third kappa shape index (κ3) is 1.61. The lowest BCUT2D eigenvalue weighted by Crippen LogP contribution is -2.26. The summed E-state index contributed by atoms with van der Waals surface area (Å²) in [6.45, 7) is 4.48. The van der Waals surface area contributed by atoms with Crippen LogP contribution < -0.4 is 0 Å². The third-order valence-corrected chi connectivity index (χ3v) is 3.64. The molecular weight excluding hydrogens is 240 g/mol. The highest BCUT2D eigenvalue weighted by molar-refractivity contribution is 9.10. The van der Waals surface area contributed by atoms with Gasteiger partial charge < -0.3 is 5.11 Å². The molecule has 1 atom stereocenters. The number of rotatable bonds is 0. The van der Waals surface area contributed by atoms with E-state index < -0.39 is 0 Å². The normalized spacial score (nSPS) is 24.4. The molecule has 2 rings (SSSR count). The van der Waals surface area contributed by atoms with E-state index >= 15 is 0 Å². The van der Waals surface area contributed by atoms with E-state index in [0.717, 1.165) is 22.9 Å². The maximum Gasteiger partial charge on any atom is 0.0793 e. The highest BCUT2D eigenvalue weighted by Gasteiger charge is 2.31. The van der Waals surface area contributed by atoms with Crippen molar-refractivity contribution in [1.29, 1.82) is 0 Å². The number of halogens is 1. The van der Waals surface area contributed by atoms with Crippen molar-refractivity contribution in [2.24, 2.45) is 0 Å². The zero-order valence-electron chi connectivity index (χ0n) is 8.55. The number of hydrogen-bond donors (Lipinski definition) is 1. The van der Waals surface area contributed by atoms with Crippen LogP contribution in [-0.2, 0) is 5.41 Å². The van der Waals surface area contributed by atoms with Crippen LogP contribution in [0.15, 0.2) is 22.7 Å². The van der Waals surface area contributed by atoms with Crippen molar-refractivity contribution in [3.63, 3.8) is 0 Å². The molecule has 1 nitrogen and oxygen atoms in total. The summed E-state index contributed by atoms with van der Waals surface area (Å²) in [4.78, 5) is 0. The van der Waals surface area contributed by atoms with E-state index in [9.17, 15) is 5.11 Å². The maximum absolute atomic E-state index is 9.90. The average molecular weight is 255 g/mol. The summed E-state index contributed by atoms with van der Waals surface area (Å²) in [5.41, 5.74) is 2.59. The molecule has 76 valence electrons. The molecule has 0 heterocycles. The van der Waals surface area contributed by atoms with Crippen molar-refractivity contribution in [1.82, 2.24) is 0 Å². The summed E-state index contributed by atoms with van der Waals surface area (Å²) in [5.74, 6) is 0. The molecule has 1 aromatic rings. The molecule has 0 amide bonds. The van der Waals surface area contributed by atoms with Gasteiger partial charge in [0.2, 0.25) is 0 Å². The van der Waals surface area contributed by atoms with Crippen molar-refractivity contribution in [2.45, 2.75) is 38.2 Å². The molecule has 0 spiro atoms. The Labute approximate surface area is 93.3 Å². The van der Waals surface area contributed by atoms with Crippen molar-refractivity contribution >= 4 is 15.9 Å². The van der Waals surface area contributed by atoms with Crippen molar-refractivity contribution in [3.05, 3.63) is 33.8 Å². The van der Waals surface area contributed by atoms with Crippen LogP contribution in [0.25, 0.3) is 0 Å². The molecule has 0 saturated carbocycles. The summed E-state index contributed by atoms with van der Waals surface area (Å²) in [7, 11) is 0. The second-order valence-corrected chi connectivity index (χ2v) is 5.59. The molecule has 14 heavy (non-hydrogen) atoms. The largest absolute Gasteiger partial charge is 0.388 e. The fourth-order valence-corrected chi connectivity index (χ4v) is 2.59. The first-order valence-corrected chi connectivity index (χ1v) is 5.78. The topological polar surface area (TPSA) is 20.2 Å². The van der Waals surface area contributed by atoms with Crippen LogP contribution in [0.2, 0.25) is 0 Å². The van der Waals surface area contributed by atoms with Gasteiger partial charge in [-0.1, -0.05) is 35.8 Å². The monoisotopic (exact) mass is 254 g/mol. The zero-order valence-corrected chi connectivity index (χ0v) is 10.1. The quantitative estimate of drug-likeness (QED) is 0.751. The van der Waals surface area contributed by atoms with E-state index in [1.807, 2.05) is 6.07 Å². The number of aliphatic hydroxyl groups excluding tert-OH is 1. The second-order valence-electron chi connectivity index (χ2n) is 4.67.